The smallest absolute Gasteiger partial charge is 0.313 e. The van der Waals surface area contributed by atoms with Gasteiger partial charge in [0.05, 0.1) is 6.04 Å². The molecular weight excluding hydrogens is 334 g/mol. The maximum atomic E-state index is 13.2. The molecule has 4 rings (SSSR count). The molecular formula is C23H23N3O. The Kier molecular flexibility index (Phi) is 4.88. The molecule has 1 aliphatic carbocycles. The van der Waals surface area contributed by atoms with Crippen LogP contribution in [0, 0.1) is 6.92 Å². The van der Waals surface area contributed by atoms with E-state index < -0.39 is 0 Å². The number of hydrogen-bond donors (Lipinski definition) is 1. The Morgan fingerprint density at radius 3 is 2.59 bits per heavy atom. The minimum atomic E-state index is -0.0801. The molecule has 2 amide bonds. The lowest BCUT2D eigenvalue weighted by Crippen LogP contribution is -2.37. The Morgan fingerprint density at radius 2 is 1.81 bits per heavy atom. The van der Waals surface area contributed by atoms with Crippen molar-refractivity contribution in [2.75, 3.05) is 5.32 Å². The van der Waals surface area contributed by atoms with Crippen LogP contribution in [0.1, 0.15) is 34.7 Å². The number of nitrogens with zero attached hydrogens (tertiary/aromatic N) is 2. The topological polar surface area (TPSA) is 45.2 Å². The fraction of sp³-hybridized carbons (Fsp3) is 0.217. The normalized spacial score (nSPS) is 15.2. The molecule has 4 nitrogen and oxygen atoms in total. The lowest BCUT2D eigenvalue weighted by molar-refractivity contribution is 0.183. The summed E-state index contributed by atoms with van der Waals surface area (Å²) in [5, 5.41) is 3.03. The van der Waals surface area contributed by atoms with Gasteiger partial charge >= 0.3 is 6.03 Å². The molecule has 136 valence electrons. The summed E-state index contributed by atoms with van der Waals surface area (Å²) in [4.78, 5) is 19.1. The van der Waals surface area contributed by atoms with Gasteiger partial charge in [0.1, 0.15) is 0 Å². The molecule has 0 spiro atoms. The molecule has 2 aromatic carbocycles. The van der Waals surface area contributed by atoms with E-state index in [2.05, 4.69) is 65.8 Å². The number of carbonyl (C=O) groups excluding carboxylic acids is 1. The van der Waals surface area contributed by atoms with Crippen molar-refractivity contribution < 1.29 is 4.79 Å². The quantitative estimate of drug-likeness (QED) is 0.705. The van der Waals surface area contributed by atoms with Crippen molar-refractivity contribution >= 4 is 11.7 Å². The van der Waals surface area contributed by atoms with Crippen LogP contribution in [0.5, 0.6) is 0 Å². The zero-order valence-electron chi connectivity index (χ0n) is 15.4. The van der Waals surface area contributed by atoms with Crippen LogP contribution in [-0.4, -0.2) is 15.9 Å². The molecule has 3 aromatic rings. The zero-order chi connectivity index (χ0) is 18.6. The number of urea groups is 1. The number of carbonyl (C=O) groups is 1. The summed E-state index contributed by atoms with van der Waals surface area (Å²) in [5.74, 6) is 0. The second-order valence-corrected chi connectivity index (χ2v) is 7.03. The summed E-state index contributed by atoms with van der Waals surface area (Å²) in [7, 11) is 0. The van der Waals surface area contributed by atoms with E-state index >= 15 is 0 Å². The third kappa shape index (κ3) is 3.85. The molecule has 0 saturated carbocycles. The highest BCUT2D eigenvalue weighted by Gasteiger charge is 2.31. The van der Waals surface area contributed by atoms with Crippen molar-refractivity contribution in [2.24, 2.45) is 0 Å². The Labute approximate surface area is 159 Å². The monoisotopic (exact) mass is 357 g/mol. The van der Waals surface area contributed by atoms with Crippen LogP contribution in [0.2, 0.25) is 0 Å². The minimum Gasteiger partial charge on any atom is -0.313 e. The predicted octanol–water partition coefficient (Wildman–Crippen LogP) is 5.11. The van der Waals surface area contributed by atoms with Crippen LogP contribution < -0.4 is 5.32 Å². The van der Waals surface area contributed by atoms with Gasteiger partial charge in [-0.1, -0.05) is 54.1 Å². The van der Waals surface area contributed by atoms with E-state index in [1.165, 1.54) is 16.7 Å². The molecule has 1 heterocycles. The van der Waals surface area contributed by atoms with Gasteiger partial charge in [0.15, 0.2) is 0 Å². The molecule has 4 heteroatoms. The van der Waals surface area contributed by atoms with Gasteiger partial charge in [0, 0.05) is 24.6 Å². The molecule has 1 aliphatic rings. The first kappa shape index (κ1) is 17.3. The lowest BCUT2D eigenvalue weighted by Gasteiger charge is -2.30. The van der Waals surface area contributed by atoms with Crippen LogP contribution in [0.4, 0.5) is 10.5 Å². The van der Waals surface area contributed by atoms with Crippen LogP contribution in [-0.2, 0) is 13.0 Å². The number of pyridine rings is 1. The van der Waals surface area contributed by atoms with Crippen LogP contribution in [0.15, 0.2) is 73.1 Å². The van der Waals surface area contributed by atoms with Gasteiger partial charge in [-0.05, 0) is 48.6 Å². The number of hydrogen-bond acceptors (Lipinski definition) is 2. The molecule has 0 fully saturated rings. The summed E-state index contributed by atoms with van der Waals surface area (Å²) in [6, 6.07) is 20.5. The van der Waals surface area contributed by atoms with Gasteiger partial charge in [-0.25, -0.2) is 4.79 Å². The predicted molar refractivity (Wildman–Crippen MR) is 107 cm³/mol. The van der Waals surface area contributed by atoms with Gasteiger partial charge < -0.3 is 10.2 Å². The van der Waals surface area contributed by atoms with Gasteiger partial charge in [-0.15, -0.1) is 0 Å². The van der Waals surface area contributed by atoms with Crippen LogP contribution >= 0.6 is 0 Å². The highest BCUT2D eigenvalue weighted by Crippen LogP contribution is 2.36. The highest BCUT2D eigenvalue weighted by molar-refractivity contribution is 5.89. The fourth-order valence-corrected chi connectivity index (χ4v) is 3.70. The second kappa shape index (κ2) is 7.62. The number of benzene rings is 2. The largest absolute Gasteiger partial charge is 0.322 e. The second-order valence-electron chi connectivity index (χ2n) is 7.03. The zero-order valence-corrected chi connectivity index (χ0v) is 15.4. The number of amides is 2. The summed E-state index contributed by atoms with van der Waals surface area (Å²) < 4.78 is 0. The summed E-state index contributed by atoms with van der Waals surface area (Å²) in [6.45, 7) is 2.65. The van der Waals surface area contributed by atoms with E-state index in [1.54, 1.807) is 12.4 Å². The molecule has 0 unspecified atom stereocenters. The number of rotatable bonds is 4. The van der Waals surface area contributed by atoms with Gasteiger partial charge in [-0.3, -0.25) is 4.98 Å². The number of anilines is 1. The molecule has 0 aliphatic heterocycles. The maximum Gasteiger partial charge on any atom is 0.322 e. The third-order valence-corrected chi connectivity index (χ3v) is 5.14. The van der Waals surface area contributed by atoms with E-state index in [0.29, 0.717) is 6.54 Å². The van der Waals surface area contributed by atoms with E-state index in [9.17, 15) is 4.79 Å². The van der Waals surface area contributed by atoms with Gasteiger partial charge in [0.25, 0.3) is 0 Å². The standard InChI is InChI=1S/C23H23N3O/c1-17-6-8-18(9-7-17)16-26(23(27)25-20-12-14-24-15-13-20)22-11-10-19-4-2-3-5-21(19)22/h2-9,12-15,22H,10-11,16H2,1H3,(H,24,25,27)/t22-/m1/s1. The Hall–Kier alpha value is -3.14. The molecule has 0 bridgehead atoms. The Bertz CT molecular complexity index is 922. The number of aromatic nitrogens is 1. The van der Waals surface area contributed by atoms with E-state index in [0.717, 1.165) is 24.1 Å². The number of aryl methyl sites for hydroxylation is 2. The van der Waals surface area contributed by atoms with Crippen molar-refractivity contribution in [3.63, 3.8) is 0 Å². The van der Waals surface area contributed by atoms with Crippen LogP contribution in [0.25, 0.3) is 0 Å². The molecule has 0 radical (unpaired) electrons. The first-order valence-electron chi connectivity index (χ1n) is 9.32. The highest BCUT2D eigenvalue weighted by atomic mass is 16.2. The number of fused-ring (bicyclic) bond motifs is 1. The SMILES string of the molecule is Cc1ccc(CN(C(=O)Nc2ccncc2)[C@@H]2CCc3ccccc32)cc1. The van der Waals surface area contributed by atoms with Crippen molar-refractivity contribution in [3.05, 3.63) is 95.3 Å². The van der Waals surface area contributed by atoms with Crippen molar-refractivity contribution in [1.82, 2.24) is 9.88 Å². The molecule has 27 heavy (non-hydrogen) atoms. The Balaban J connectivity index is 1.62. The van der Waals surface area contributed by atoms with Crippen molar-refractivity contribution in [1.29, 1.82) is 0 Å². The van der Waals surface area contributed by atoms with Gasteiger partial charge in [-0.2, -0.15) is 0 Å². The molecule has 0 saturated heterocycles. The molecule has 1 aromatic heterocycles. The average Bonchev–Trinajstić information content (AvgIpc) is 3.12. The maximum absolute atomic E-state index is 13.2. The van der Waals surface area contributed by atoms with Crippen molar-refractivity contribution in [2.45, 2.75) is 32.4 Å². The molecule has 1 atom stereocenters. The molecule has 1 N–H and O–H groups in total. The fourth-order valence-electron chi connectivity index (χ4n) is 3.70. The summed E-state index contributed by atoms with van der Waals surface area (Å²) in [5.41, 5.74) is 5.71. The van der Waals surface area contributed by atoms with Gasteiger partial charge in [0.2, 0.25) is 0 Å². The van der Waals surface area contributed by atoms with E-state index in [-0.39, 0.29) is 12.1 Å². The summed E-state index contributed by atoms with van der Waals surface area (Å²) >= 11 is 0. The van der Waals surface area contributed by atoms with Crippen molar-refractivity contribution in [3.8, 4) is 0 Å². The van der Waals surface area contributed by atoms with Crippen LogP contribution in [0.3, 0.4) is 0 Å². The lowest BCUT2D eigenvalue weighted by atomic mass is 10.1. The first-order valence-corrected chi connectivity index (χ1v) is 9.32. The van der Waals surface area contributed by atoms with E-state index in [1.807, 2.05) is 17.0 Å². The first-order chi connectivity index (χ1) is 13.2. The third-order valence-electron chi connectivity index (χ3n) is 5.14. The average molecular weight is 357 g/mol. The van der Waals surface area contributed by atoms with E-state index in [4.69, 9.17) is 0 Å². The Morgan fingerprint density at radius 1 is 1.07 bits per heavy atom. The minimum absolute atomic E-state index is 0.0801. The number of nitrogens with one attached hydrogen (secondary N) is 1. The summed E-state index contributed by atoms with van der Waals surface area (Å²) in [6.07, 6.45) is 5.33.